The second kappa shape index (κ2) is 9.72. The summed E-state index contributed by atoms with van der Waals surface area (Å²) in [5, 5.41) is 7.98. The number of hydrogen-bond donors (Lipinski definition) is 1. The van der Waals surface area contributed by atoms with E-state index in [-0.39, 0.29) is 11.8 Å². The van der Waals surface area contributed by atoms with E-state index in [0.717, 1.165) is 33.3 Å². The van der Waals surface area contributed by atoms with Crippen LogP contribution in [0.25, 0.3) is 22.2 Å². The zero-order chi connectivity index (χ0) is 24.4. The van der Waals surface area contributed by atoms with Crippen LogP contribution in [0.15, 0.2) is 71.3 Å². The number of fused-ring (bicyclic) bond motifs is 1. The minimum Gasteiger partial charge on any atom is -0.355 e. The van der Waals surface area contributed by atoms with E-state index in [9.17, 15) is 9.59 Å². The summed E-state index contributed by atoms with van der Waals surface area (Å²) >= 11 is 0. The van der Waals surface area contributed by atoms with Crippen LogP contribution in [0.1, 0.15) is 21.5 Å². The molecule has 0 atom stereocenters. The van der Waals surface area contributed by atoms with E-state index in [4.69, 9.17) is 4.52 Å². The Hall–Kier alpha value is -3.97. The average molecular weight is 469 g/mol. The molecule has 1 saturated heterocycles. The van der Waals surface area contributed by atoms with Crippen LogP contribution in [0, 0.1) is 13.8 Å². The first-order valence-corrected chi connectivity index (χ1v) is 11.8. The number of amides is 2. The lowest BCUT2D eigenvalue weighted by Gasteiger charge is -2.34. The fourth-order valence-corrected chi connectivity index (χ4v) is 4.44. The van der Waals surface area contributed by atoms with E-state index in [0.29, 0.717) is 44.0 Å². The van der Waals surface area contributed by atoms with Crippen LogP contribution in [0.3, 0.4) is 0 Å². The summed E-state index contributed by atoms with van der Waals surface area (Å²) < 4.78 is 5.57. The number of nitrogens with one attached hydrogen (secondary N) is 1. The van der Waals surface area contributed by atoms with Crippen molar-refractivity contribution >= 4 is 28.4 Å². The summed E-state index contributed by atoms with van der Waals surface area (Å²) in [6.07, 6.45) is 0. The number of benzene rings is 3. The third kappa shape index (κ3) is 4.81. The molecule has 2 amide bonds. The molecule has 0 unspecified atom stereocenters. The van der Waals surface area contributed by atoms with Gasteiger partial charge in [-0.05, 0) is 49.2 Å². The number of carbonyl (C=O) groups excluding carboxylic acids is 2. The van der Waals surface area contributed by atoms with Crippen LogP contribution in [0.2, 0.25) is 0 Å². The van der Waals surface area contributed by atoms with Gasteiger partial charge in [0, 0.05) is 43.0 Å². The maximum atomic E-state index is 13.2. The molecular formula is C28H28N4O3. The number of aryl methyl sites for hydroxylation is 1. The largest absolute Gasteiger partial charge is 0.355 e. The van der Waals surface area contributed by atoms with Gasteiger partial charge in [-0.15, -0.1) is 0 Å². The topological polar surface area (TPSA) is 78.7 Å². The highest BCUT2D eigenvalue weighted by Gasteiger charge is 2.24. The van der Waals surface area contributed by atoms with Crippen molar-refractivity contribution in [2.45, 2.75) is 13.8 Å². The van der Waals surface area contributed by atoms with E-state index >= 15 is 0 Å². The Labute approximate surface area is 204 Å². The summed E-state index contributed by atoms with van der Waals surface area (Å²) in [4.78, 5) is 29.7. The Morgan fingerprint density at radius 1 is 0.943 bits per heavy atom. The number of piperazine rings is 1. The van der Waals surface area contributed by atoms with Crippen LogP contribution in [-0.4, -0.2) is 59.5 Å². The third-order valence-corrected chi connectivity index (χ3v) is 6.66. The van der Waals surface area contributed by atoms with Crippen LogP contribution in [-0.2, 0) is 4.79 Å². The van der Waals surface area contributed by atoms with Crippen molar-refractivity contribution in [2.24, 2.45) is 0 Å². The van der Waals surface area contributed by atoms with Crippen molar-refractivity contribution < 1.29 is 14.1 Å². The monoisotopic (exact) mass is 468 g/mol. The molecule has 4 aromatic rings. The lowest BCUT2D eigenvalue weighted by molar-refractivity contribution is -0.117. The molecule has 1 aliphatic rings. The van der Waals surface area contributed by atoms with E-state index < -0.39 is 0 Å². The highest BCUT2D eigenvalue weighted by atomic mass is 16.5. The van der Waals surface area contributed by atoms with E-state index in [1.165, 1.54) is 0 Å². The van der Waals surface area contributed by atoms with Crippen LogP contribution < -0.4 is 5.32 Å². The summed E-state index contributed by atoms with van der Waals surface area (Å²) in [5.41, 5.74) is 5.33. The van der Waals surface area contributed by atoms with E-state index in [1.54, 1.807) is 6.07 Å². The maximum absolute atomic E-state index is 13.2. The van der Waals surface area contributed by atoms with Gasteiger partial charge in [0.2, 0.25) is 5.91 Å². The summed E-state index contributed by atoms with van der Waals surface area (Å²) in [6.45, 7) is 6.79. The molecule has 178 valence electrons. The lowest BCUT2D eigenvalue weighted by Crippen LogP contribution is -2.50. The second-order valence-electron chi connectivity index (χ2n) is 8.97. The molecule has 0 radical (unpaired) electrons. The first kappa shape index (κ1) is 22.8. The van der Waals surface area contributed by atoms with Crippen LogP contribution >= 0.6 is 0 Å². The first-order chi connectivity index (χ1) is 17.0. The number of hydrogen-bond acceptors (Lipinski definition) is 5. The Morgan fingerprint density at radius 2 is 1.71 bits per heavy atom. The molecule has 35 heavy (non-hydrogen) atoms. The number of nitrogens with zero attached hydrogens (tertiary/aromatic N) is 3. The van der Waals surface area contributed by atoms with Crippen molar-refractivity contribution in [1.82, 2.24) is 15.0 Å². The van der Waals surface area contributed by atoms with Crippen molar-refractivity contribution in [2.75, 3.05) is 38.0 Å². The molecule has 0 saturated carbocycles. The number of rotatable bonds is 5. The quantitative estimate of drug-likeness (QED) is 0.466. The van der Waals surface area contributed by atoms with Gasteiger partial charge in [-0.1, -0.05) is 47.6 Å². The summed E-state index contributed by atoms with van der Waals surface area (Å²) in [5.74, 6) is 0.603. The third-order valence-electron chi connectivity index (χ3n) is 6.66. The molecule has 1 aliphatic heterocycles. The lowest BCUT2D eigenvalue weighted by atomic mass is 10.1. The zero-order valence-electron chi connectivity index (χ0n) is 20.0. The molecule has 1 aromatic heterocycles. The molecule has 0 aliphatic carbocycles. The molecule has 0 bridgehead atoms. The molecule has 1 fully saturated rings. The Bertz CT molecular complexity index is 1370. The standard InChI is InChI=1S/C28H28N4O3/c1-19-7-6-10-24(20(19)2)29-26(33)18-31-13-15-32(16-14-31)28(34)22-11-12-25-23(17-22)27(35-30-25)21-8-4-3-5-9-21/h3-12,17H,13-16,18H2,1-2H3,(H,29,33). The van der Waals surface area contributed by atoms with Crippen molar-refractivity contribution in [3.63, 3.8) is 0 Å². The number of aromatic nitrogens is 1. The molecule has 3 aromatic carbocycles. The van der Waals surface area contributed by atoms with Gasteiger partial charge in [0.25, 0.3) is 5.91 Å². The van der Waals surface area contributed by atoms with Gasteiger partial charge in [-0.3, -0.25) is 14.5 Å². The molecule has 7 heteroatoms. The smallest absolute Gasteiger partial charge is 0.253 e. The van der Waals surface area contributed by atoms with Crippen LogP contribution in [0.4, 0.5) is 5.69 Å². The predicted octanol–water partition coefficient (Wildman–Crippen LogP) is 4.51. The van der Waals surface area contributed by atoms with Gasteiger partial charge < -0.3 is 14.7 Å². The minimum atomic E-state index is -0.0372. The predicted molar refractivity (Wildman–Crippen MR) is 136 cm³/mol. The molecule has 2 heterocycles. The number of carbonyl (C=O) groups is 2. The fourth-order valence-electron chi connectivity index (χ4n) is 4.44. The summed E-state index contributed by atoms with van der Waals surface area (Å²) in [6, 6.07) is 21.1. The maximum Gasteiger partial charge on any atom is 0.253 e. The van der Waals surface area contributed by atoms with Gasteiger partial charge >= 0.3 is 0 Å². The van der Waals surface area contributed by atoms with Gasteiger partial charge in [0.05, 0.1) is 11.9 Å². The Morgan fingerprint density at radius 3 is 2.49 bits per heavy atom. The first-order valence-electron chi connectivity index (χ1n) is 11.8. The number of anilines is 1. The second-order valence-corrected chi connectivity index (χ2v) is 8.97. The normalized spacial score (nSPS) is 14.3. The van der Waals surface area contributed by atoms with Gasteiger partial charge in [0.1, 0.15) is 5.52 Å². The van der Waals surface area contributed by atoms with Gasteiger partial charge in [-0.25, -0.2) is 0 Å². The molecule has 1 N–H and O–H groups in total. The molecule has 7 nitrogen and oxygen atoms in total. The van der Waals surface area contributed by atoms with Crippen molar-refractivity contribution in [3.05, 3.63) is 83.4 Å². The average Bonchev–Trinajstić information content (AvgIpc) is 3.31. The van der Waals surface area contributed by atoms with Gasteiger partial charge in [0.15, 0.2) is 5.76 Å². The van der Waals surface area contributed by atoms with Crippen molar-refractivity contribution in [3.8, 4) is 11.3 Å². The molecule has 0 spiro atoms. The fraction of sp³-hybridized carbons (Fsp3) is 0.250. The van der Waals surface area contributed by atoms with E-state index in [1.807, 2.05) is 79.4 Å². The summed E-state index contributed by atoms with van der Waals surface area (Å²) in [7, 11) is 0. The highest BCUT2D eigenvalue weighted by molar-refractivity contribution is 6.01. The SMILES string of the molecule is Cc1cccc(NC(=O)CN2CCN(C(=O)c3ccc4noc(-c5ccccc5)c4c3)CC2)c1C. The Kier molecular flexibility index (Phi) is 6.33. The van der Waals surface area contributed by atoms with Gasteiger partial charge in [-0.2, -0.15) is 0 Å². The highest BCUT2D eigenvalue weighted by Crippen LogP contribution is 2.29. The Balaban J connectivity index is 1.21. The minimum absolute atomic E-state index is 0.0217. The van der Waals surface area contributed by atoms with E-state index in [2.05, 4.69) is 15.4 Å². The van der Waals surface area contributed by atoms with Crippen molar-refractivity contribution in [1.29, 1.82) is 0 Å². The molecule has 5 rings (SSSR count). The zero-order valence-corrected chi connectivity index (χ0v) is 20.0. The molecular weight excluding hydrogens is 440 g/mol. The van der Waals surface area contributed by atoms with Crippen LogP contribution in [0.5, 0.6) is 0 Å².